The van der Waals surface area contributed by atoms with Crippen molar-refractivity contribution in [2.45, 2.75) is 52.0 Å². The average Bonchev–Trinajstić information content (AvgIpc) is 2.86. The first-order chi connectivity index (χ1) is 9.09. The molecular weight excluding hydrogens is 238 g/mol. The van der Waals surface area contributed by atoms with Crippen LogP contribution in [0.1, 0.15) is 46.0 Å². The van der Waals surface area contributed by atoms with Crippen molar-refractivity contribution in [2.24, 2.45) is 17.1 Å². The molecule has 4 nitrogen and oxygen atoms in total. The molecule has 0 aromatic rings. The van der Waals surface area contributed by atoms with E-state index in [0.29, 0.717) is 18.4 Å². The summed E-state index contributed by atoms with van der Waals surface area (Å²) in [7, 11) is 0. The van der Waals surface area contributed by atoms with Crippen molar-refractivity contribution in [2.75, 3.05) is 26.2 Å². The lowest BCUT2D eigenvalue weighted by molar-refractivity contribution is -0.146. The zero-order chi connectivity index (χ0) is 13.9. The van der Waals surface area contributed by atoms with Crippen LogP contribution < -0.4 is 11.1 Å². The van der Waals surface area contributed by atoms with Gasteiger partial charge in [-0.3, -0.25) is 4.79 Å². The van der Waals surface area contributed by atoms with Gasteiger partial charge in [-0.25, -0.2) is 0 Å². The van der Waals surface area contributed by atoms with Crippen LogP contribution in [0.2, 0.25) is 0 Å². The Bertz CT molecular complexity index is 311. The number of carbonyl (C=O) groups is 1. The van der Waals surface area contributed by atoms with E-state index in [1.807, 2.05) is 0 Å². The molecule has 0 aromatic carbocycles. The maximum absolute atomic E-state index is 13.1. The summed E-state index contributed by atoms with van der Waals surface area (Å²) in [5.41, 5.74) is 5.76. The molecule has 1 heterocycles. The van der Waals surface area contributed by atoms with Crippen LogP contribution in [0.4, 0.5) is 0 Å². The topological polar surface area (TPSA) is 58.4 Å². The number of nitrogens with zero attached hydrogens (tertiary/aromatic N) is 1. The second kappa shape index (κ2) is 6.23. The van der Waals surface area contributed by atoms with Crippen LogP contribution in [-0.2, 0) is 4.79 Å². The molecule has 1 amide bonds. The highest BCUT2D eigenvalue weighted by Crippen LogP contribution is 2.45. The number of rotatable bonds is 4. The monoisotopic (exact) mass is 267 g/mol. The van der Waals surface area contributed by atoms with Crippen molar-refractivity contribution in [1.29, 1.82) is 0 Å². The minimum Gasteiger partial charge on any atom is -0.335 e. The molecule has 1 atom stereocenters. The van der Waals surface area contributed by atoms with Crippen LogP contribution >= 0.6 is 0 Å². The van der Waals surface area contributed by atoms with E-state index in [9.17, 15) is 4.79 Å². The molecule has 0 bridgehead atoms. The highest BCUT2D eigenvalue weighted by Gasteiger charge is 2.45. The number of nitrogens with two attached hydrogens (primary N) is 1. The van der Waals surface area contributed by atoms with Crippen LogP contribution in [0.25, 0.3) is 0 Å². The van der Waals surface area contributed by atoms with E-state index in [2.05, 4.69) is 24.1 Å². The smallest absolute Gasteiger partial charge is 0.229 e. The minimum atomic E-state index is -0.0844. The van der Waals surface area contributed by atoms with E-state index < -0.39 is 0 Å². The molecule has 110 valence electrons. The molecule has 0 radical (unpaired) electrons. The number of piperazine rings is 1. The molecule has 19 heavy (non-hydrogen) atoms. The summed E-state index contributed by atoms with van der Waals surface area (Å²) in [6, 6.07) is 0.186. The molecule has 1 aliphatic heterocycles. The normalized spacial score (nSPS) is 26.9. The number of hydrogen-bond donors (Lipinski definition) is 2. The standard InChI is InChI=1S/C15H29N3O/c1-12(2)9-15(5-3-4-6-15)14(19)18-8-7-17-11-13(18)10-16/h12-13,17H,3-11,16H2,1-2H3. The molecule has 1 aliphatic carbocycles. The Labute approximate surface area is 117 Å². The minimum absolute atomic E-state index is 0.0844. The van der Waals surface area contributed by atoms with Crippen molar-refractivity contribution in [3.8, 4) is 0 Å². The first-order valence-electron chi connectivity index (χ1n) is 7.81. The predicted octanol–water partition coefficient (Wildman–Crippen LogP) is 1.35. The zero-order valence-corrected chi connectivity index (χ0v) is 12.5. The highest BCUT2D eigenvalue weighted by atomic mass is 16.2. The van der Waals surface area contributed by atoms with Gasteiger partial charge in [-0.1, -0.05) is 26.7 Å². The molecule has 1 saturated heterocycles. The van der Waals surface area contributed by atoms with Gasteiger partial charge in [-0.15, -0.1) is 0 Å². The molecule has 2 fully saturated rings. The molecule has 3 N–H and O–H groups in total. The summed E-state index contributed by atoms with van der Waals surface area (Å²) in [6.07, 6.45) is 5.60. The lowest BCUT2D eigenvalue weighted by atomic mass is 9.77. The van der Waals surface area contributed by atoms with Crippen LogP contribution in [0.15, 0.2) is 0 Å². The summed E-state index contributed by atoms with van der Waals surface area (Å²) < 4.78 is 0. The Hall–Kier alpha value is -0.610. The summed E-state index contributed by atoms with van der Waals surface area (Å²) in [5, 5.41) is 3.34. The number of nitrogens with one attached hydrogen (secondary N) is 1. The Morgan fingerprint density at radius 2 is 2.11 bits per heavy atom. The zero-order valence-electron chi connectivity index (χ0n) is 12.5. The van der Waals surface area contributed by atoms with E-state index in [1.54, 1.807) is 0 Å². The van der Waals surface area contributed by atoms with Gasteiger partial charge in [0.05, 0.1) is 6.04 Å². The fourth-order valence-electron chi connectivity index (χ4n) is 3.88. The first-order valence-corrected chi connectivity index (χ1v) is 7.81. The number of carbonyl (C=O) groups excluding carboxylic acids is 1. The van der Waals surface area contributed by atoms with Gasteiger partial charge >= 0.3 is 0 Å². The molecule has 1 saturated carbocycles. The van der Waals surface area contributed by atoms with Crippen LogP contribution in [0.3, 0.4) is 0 Å². The maximum Gasteiger partial charge on any atom is 0.229 e. The summed E-state index contributed by atoms with van der Waals surface area (Å²) >= 11 is 0. The van der Waals surface area contributed by atoms with E-state index in [4.69, 9.17) is 5.73 Å². The molecule has 2 aliphatic rings. The van der Waals surface area contributed by atoms with Crippen molar-refractivity contribution in [3.05, 3.63) is 0 Å². The summed E-state index contributed by atoms with van der Waals surface area (Å²) in [6.45, 7) is 7.59. The van der Waals surface area contributed by atoms with Gasteiger partial charge in [0.25, 0.3) is 0 Å². The second-order valence-corrected chi connectivity index (χ2v) is 6.68. The molecule has 0 spiro atoms. The Kier molecular flexibility index (Phi) is 4.85. The molecule has 1 unspecified atom stereocenters. The Balaban J connectivity index is 2.14. The fraction of sp³-hybridized carbons (Fsp3) is 0.933. The molecule has 0 aromatic heterocycles. The van der Waals surface area contributed by atoms with Gasteiger partial charge in [-0.2, -0.15) is 0 Å². The lowest BCUT2D eigenvalue weighted by Crippen LogP contribution is -2.59. The molecule has 2 rings (SSSR count). The predicted molar refractivity (Wildman–Crippen MR) is 77.8 cm³/mol. The fourth-order valence-corrected chi connectivity index (χ4v) is 3.88. The van der Waals surface area contributed by atoms with Crippen molar-refractivity contribution < 1.29 is 4.79 Å². The maximum atomic E-state index is 13.1. The van der Waals surface area contributed by atoms with Crippen molar-refractivity contribution in [1.82, 2.24) is 10.2 Å². The summed E-state index contributed by atoms with van der Waals surface area (Å²) in [5.74, 6) is 0.969. The lowest BCUT2D eigenvalue weighted by Gasteiger charge is -2.42. The van der Waals surface area contributed by atoms with Gasteiger partial charge in [0.15, 0.2) is 0 Å². The molecular formula is C15H29N3O. The van der Waals surface area contributed by atoms with E-state index in [1.165, 1.54) is 12.8 Å². The van der Waals surface area contributed by atoms with Gasteiger partial charge in [-0.05, 0) is 25.2 Å². The largest absolute Gasteiger partial charge is 0.335 e. The van der Waals surface area contributed by atoms with Gasteiger partial charge in [0.2, 0.25) is 5.91 Å². The van der Waals surface area contributed by atoms with E-state index in [-0.39, 0.29) is 11.5 Å². The van der Waals surface area contributed by atoms with Crippen molar-refractivity contribution in [3.63, 3.8) is 0 Å². The highest BCUT2D eigenvalue weighted by molar-refractivity contribution is 5.83. The van der Waals surface area contributed by atoms with E-state index in [0.717, 1.165) is 38.9 Å². The average molecular weight is 267 g/mol. The van der Waals surface area contributed by atoms with Gasteiger partial charge in [0, 0.05) is 31.6 Å². The van der Waals surface area contributed by atoms with Crippen LogP contribution in [0, 0.1) is 11.3 Å². The third-order valence-electron chi connectivity index (χ3n) is 4.70. The van der Waals surface area contributed by atoms with Gasteiger partial charge in [0.1, 0.15) is 0 Å². The number of amides is 1. The summed E-state index contributed by atoms with van der Waals surface area (Å²) in [4.78, 5) is 15.1. The van der Waals surface area contributed by atoms with Gasteiger partial charge < -0.3 is 16.0 Å². The second-order valence-electron chi connectivity index (χ2n) is 6.68. The van der Waals surface area contributed by atoms with Crippen LogP contribution in [-0.4, -0.2) is 43.0 Å². The SMILES string of the molecule is CC(C)CC1(C(=O)N2CCNCC2CN)CCCC1. The first kappa shape index (κ1) is 14.8. The third-order valence-corrected chi connectivity index (χ3v) is 4.70. The quantitative estimate of drug-likeness (QED) is 0.808. The Morgan fingerprint density at radius 1 is 1.42 bits per heavy atom. The Morgan fingerprint density at radius 3 is 2.68 bits per heavy atom. The van der Waals surface area contributed by atoms with E-state index >= 15 is 0 Å². The third kappa shape index (κ3) is 3.11. The molecule has 4 heteroatoms. The van der Waals surface area contributed by atoms with Crippen molar-refractivity contribution >= 4 is 5.91 Å². The van der Waals surface area contributed by atoms with Crippen LogP contribution in [0.5, 0.6) is 0 Å². The number of hydrogen-bond acceptors (Lipinski definition) is 3.